The summed E-state index contributed by atoms with van der Waals surface area (Å²) in [6.07, 6.45) is -0.909. The summed E-state index contributed by atoms with van der Waals surface area (Å²) in [5, 5.41) is 52.9. The lowest BCUT2D eigenvalue weighted by Crippen LogP contribution is -2.59. The molecule has 18 atom stereocenters. The second-order valence-electron chi connectivity index (χ2n) is 39.3. The highest BCUT2D eigenvalue weighted by atomic mass is 35.5. The molecule has 6 heterocycles. The number of Topliss-reactive ketones (excluding diaryl/α,β-unsaturated/α-hetero) is 2. The van der Waals surface area contributed by atoms with E-state index in [2.05, 4.69) is 42.2 Å². The molecule has 5 aliphatic rings. The highest BCUT2D eigenvalue weighted by Crippen LogP contribution is 2.50. The molecule has 788 valence electrons. The molecule has 39 heteroatoms. The number of benzene rings is 5. The maximum atomic E-state index is 15.6. The maximum Gasteiger partial charge on any atom is 0.328 e. The number of H-pyrrole nitrogens is 1. The number of aliphatic hydroxyl groups excluding tert-OH is 1. The third kappa shape index (κ3) is 30.5. The summed E-state index contributed by atoms with van der Waals surface area (Å²) >= 11 is 7.98. The van der Waals surface area contributed by atoms with Crippen LogP contribution in [0, 0.1) is 23.7 Å². The SMILES string of the molecule is COc1cc2cc(c1Cl)N(C)C(=O)C[C@H](OC(=O)[C@H](C)N(C)C(=O)CCSC1CC(=O)N(CCCNC(=O)[C@H](CC(C)C)NC(=O)[C@H](Cc3ccccc3)NC(=O)CNC(=O)CC[C@H]3C(=O)C[C@@H](Cc4ccc(O)cc4)C(=O)N[C@H](Cc4c[nH]c5ccccc45)C(=O)C[C@@H](CCCCN)C(=O)N[C@@H]([C@@H](C)O)C(=O)N[C@@H](Cc4ccccc4)C(=O)N3C)C1=O)[C@]1(C)O[C@H]1[C@H](C)[C@@H]1C[C@@](O)(CC(=O)O1)[C@H](OC)/C=C/C=C(\C)C2. The monoisotopic (exact) mass is 2060 g/mol. The molecule has 12 amide bonds. The fourth-order valence-electron chi connectivity index (χ4n) is 19.2. The van der Waals surface area contributed by atoms with Crippen molar-refractivity contribution in [2.45, 2.75) is 260 Å². The molecule has 0 spiro atoms. The first kappa shape index (κ1) is 114. The number of likely N-dealkylation sites (tertiary alicyclic amines) is 1. The zero-order valence-electron chi connectivity index (χ0n) is 84.7. The van der Waals surface area contributed by atoms with Crippen molar-refractivity contribution in [3.05, 3.63) is 184 Å². The van der Waals surface area contributed by atoms with E-state index in [0.717, 1.165) is 43.6 Å². The van der Waals surface area contributed by atoms with Crippen LogP contribution in [0.25, 0.3) is 10.9 Å². The number of nitrogens with one attached hydrogen (secondary N) is 8. The summed E-state index contributed by atoms with van der Waals surface area (Å²) in [7, 11) is 7.08. The summed E-state index contributed by atoms with van der Waals surface area (Å²) < 4.78 is 29.9. The fraction of sp³-hybridized carbons (Fsp3) is 0.514. The minimum absolute atomic E-state index is 0.0460. The Kier molecular flexibility index (Phi) is 40.9. The number of hydrogen-bond acceptors (Lipinski definition) is 26. The van der Waals surface area contributed by atoms with Crippen LogP contribution in [0.3, 0.4) is 0 Å². The number of carbonyl (C=O) groups is 16. The Hall–Kier alpha value is -12.7. The van der Waals surface area contributed by atoms with Crippen LogP contribution in [-0.2, 0) is 128 Å². The number of amides is 12. The third-order valence-corrected chi connectivity index (χ3v) is 29.4. The van der Waals surface area contributed by atoms with Gasteiger partial charge in [0.15, 0.2) is 11.6 Å². The van der Waals surface area contributed by atoms with Crippen LogP contribution in [0.5, 0.6) is 11.5 Å². The van der Waals surface area contributed by atoms with Crippen molar-refractivity contribution in [1.82, 2.24) is 56.9 Å². The van der Waals surface area contributed by atoms with E-state index < -0.39 is 240 Å². The summed E-state index contributed by atoms with van der Waals surface area (Å²) in [5.74, 6) is -14.4. The number of anilines is 1. The number of ether oxygens (including phenoxy) is 5. The van der Waals surface area contributed by atoms with E-state index in [1.54, 1.807) is 123 Å². The molecule has 37 nitrogen and oxygen atoms in total. The summed E-state index contributed by atoms with van der Waals surface area (Å²) in [4.78, 5) is 240. The van der Waals surface area contributed by atoms with Gasteiger partial charge in [0, 0.05) is 140 Å². The lowest BCUT2D eigenvalue weighted by atomic mass is 9.78. The number of para-hydroxylation sites is 1. The molecule has 146 heavy (non-hydrogen) atoms. The number of hydrogen-bond donors (Lipinski definition) is 12. The van der Waals surface area contributed by atoms with Gasteiger partial charge in [-0.05, 0) is 143 Å². The van der Waals surface area contributed by atoms with Gasteiger partial charge in [-0.25, -0.2) is 4.79 Å². The molecule has 11 rings (SSSR count). The van der Waals surface area contributed by atoms with Gasteiger partial charge in [0.2, 0.25) is 70.9 Å². The molecule has 4 saturated heterocycles. The van der Waals surface area contributed by atoms with Crippen molar-refractivity contribution in [3.63, 3.8) is 0 Å². The van der Waals surface area contributed by atoms with Crippen LogP contribution < -0.4 is 52.6 Å². The summed E-state index contributed by atoms with van der Waals surface area (Å²) in [6.45, 7) is 11.0. The number of phenolic OH excluding ortho intramolecular Hbond substituents is 1. The quantitative estimate of drug-likeness (QED) is 0.00851. The number of aliphatic hydroxyl groups is 2. The number of rotatable bonds is 37. The van der Waals surface area contributed by atoms with E-state index in [0.29, 0.717) is 53.0 Å². The fourth-order valence-corrected chi connectivity index (χ4v) is 20.6. The molecule has 1 aromatic heterocycles. The Morgan fingerprint density at radius 2 is 1.39 bits per heavy atom. The van der Waals surface area contributed by atoms with E-state index in [1.807, 2.05) is 45.0 Å². The van der Waals surface area contributed by atoms with Crippen molar-refractivity contribution >= 4 is 134 Å². The molecule has 4 bridgehead atoms. The first-order valence-corrected chi connectivity index (χ1v) is 51.1. The van der Waals surface area contributed by atoms with Gasteiger partial charge in [-0.2, -0.15) is 0 Å². The topological polar surface area (TPSA) is 522 Å². The van der Waals surface area contributed by atoms with Crippen LogP contribution in [0.1, 0.15) is 166 Å². The molecule has 0 radical (unpaired) electrons. The van der Waals surface area contributed by atoms with E-state index in [1.165, 1.54) is 71.1 Å². The average molecular weight is 2060 g/mol. The number of phenols is 1. The minimum atomic E-state index is -1.70. The van der Waals surface area contributed by atoms with Crippen molar-refractivity contribution in [3.8, 4) is 11.5 Å². The number of aromatic hydroxyl groups is 1. The molecule has 6 aromatic rings. The van der Waals surface area contributed by atoms with E-state index in [-0.39, 0.29) is 113 Å². The average Bonchev–Trinajstić information content (AvgIpc) is 1.57. The number of esters is 2. The van der Waals surface area contributed by atoms with Crippen LogP contribution in [0.15, 0.2) is 151 Å². The zero-order valence-corrected chi connectivity index (χ0v) is 86.3. The number of aromatic nitrogens is 1. The predicted octanol–water partition coefficient (Wildman–Crippen LogP) is 6.55. The number of thioether (sulfide) groups is 1. The Labute approximate surface area is 859 Å². The summed E-state index contributed by atoms with van der Waals surface area (Å²) in [6, 6.07) is 23.9. The number of ketones is 2. The molecule has 0 aliphatic carbocycles. The second-order valence-corrected chi connectivity index (χ2v) is 41.0. The van der Waals surface area contributed by atoms with Gasteiger partial charge in [-0.3, -0.25) is 76.8 Å². The van der Waals surface area contributed by atoms with Gasteiger partial charge in [0.05, 0.1) is 61.7 Å². The number of halogens is 1. The third-order valence-electron chi connectivity index (χ3n) is 27.9. The standard InChI is InChI=1S/C107H138ClN13O24S/c1-61(2)45-77(100(134)110-42-24-43-121-93(130)55-86(104(121)138)146-44-40-91(128)118(8)64(5)105(139)144-88-56-92(129)119(9)81-50-69(51-84(141-11)95(81)108)46-62(3)25-23-33-87(142-12)107(140)57-85(143-94(131)58-107)63(4)97-106(88,7)145-97)115-101(135)78(48-66-26-15-13-16-27-66)113-90(127)60-112-89(126)39-38-80-83(125)54-71(47-68-34-36-73(123)37-35-68)99(133)114-76(52-72-59-111-75-32-20-19-31-74(72)75)82(124)53-70(30-21-22-41-109)98(132)117-96(65(6)122)102(136)116-79(103(137)120(80)10)49-67-28-17-14-18-29-67/h13-20,23,25-29,31-37,50-51,59,61,63-65,70-71,76-80,85-88,96-97,111,122-123,140H,21-22,24,30,38-49,52-58,60,109H2,1-12H3,(H,110,134)(H,112,126)(H,113,127)(H,114,133)(H,115,135)(H,116,136)(H,117,132)/b33-23+,62-25+/t63-,64+,65-,70-,71-,76-,77+,78+,79+,80+,85+,86?,87-,88+,96+,97+,106+,107-/m1/s1. The van der Waals surface area contributed by atoms with Crippen molar-refractivity contribution in [1.29, 1.82) is 0 Å². The minimum Gasteiger partial charge on any atom is -0.508 e. The van der Waals surface area contributed by atoms with Gasteiger partial charge in [-0.1, -0.05) is 154 Å². The number of fused-ring (bicyclic) bond motifs is 6. The van der Waals surface area contributed by atoms with E-state index in [9.17, 15) is 72.9 Å². The highest BCUT2D eigenvalue weighted by Gasteiger charge is 2.65. The van der Waals surface area contributed by atoms with E-state index in [4.69, 9.17) is 41.0 Å². The first-order chi connectivity index (χ1) is 69.5. The highest BCUT2D eigenvalue weighted by molar-refractivity contribution is 8.00. The molecule has 13 N–H and O–H groups in total. The van der Waals surface area contributed by atoms with Crippen LogP contribution >= 0.6 is 23.4 Å². The van der Waals surface area contributed by atoms with Crippen LogP contribution in [0.2, 0.25) is 5.02 Å². The first-order valence-electron chi connectivity index (χ1n) is 49.7. The number of likely N-dealkylation sites (N-methyl/N-ethyl adjacent to an activating group) is 2. The van der Waals surface area contributed by atoms with Crippen molar-refractivity contribution < 1.29 is 116 Å². The van der Waals surface area contributed by atoms with Crippen molar-refractivity contribution in [2.75, 3.05) is 72.2 Å². The molecule has 5 aromatic carbocycles. The lowest BCUT2D eigenvalue weighted by Gasteiger charge is -2.41. The Morgan fingerprint density at radius 3 is 2.08 bits per heavy atom. The molecular weight excluding hydrogens is 1920 g/mol. The van der Waals surface area contributed by atoms with Gasteiger partial charge < -0.3 is 102 Å². The number of aromatic amines is 1. The molecule has 1 unspecified atom stereocenters. The summed E-state index contributed by atoms with van der Waals surface area (Å²) in [5.41, 5.74) is 7.72. The smallest absolute Gasteiger partial charge is 0.328 e. The second kappa shape index (κ2) is 52.6. The number of nitrogens with zero attached hydrogens (tertiary/aromatic N) is 4. The molecular formula is C107H138ClN13O24S. The van der Waals surface area contributed by atoms with E-state index >= 15 is 19.2 Å². The number of epoxide rings is 1. The van der Waals surface area contributed by atoms with Crippen molar-refractivity contribution in [2.24, 2.45) is 29.4 Å². The van der Waals surface area contributed by atoms with Crippen LogP contribution in [-0.4, -0.2) is 286 Å². The largest absolute Gasteiger partial charge is 0.508 e. The lowest BCUT2D eigenvalue weighted by molar-refractivity contribution is -0.187. The number of carbonyl (C=O) groups excluding carboxylic acids is 16. The van der Waals surface area contributed by atoms with Crippen LogP contribution in [0.4, 0.5) is 5.69 Å². The number of allylic oxidation sites excluding steroid dienone is 3. The number of unbranched alkanes of at least 4 members (excludes halogenated alkanes) is 1. The Balaban J connectivity index is 0.715. The molecule has 0 saturated carbocycles. The van der Waals surface area contributed by atoms with Gasteiger partial charge in [0.25, 0.3) is 0 Å². The van der Waals surface area contributed by atoms with Gasteiger partial charge in [-0.15, -0.1) is 11.8 Å². The normalized spacial score (nSPS) is 25.2. The number of imide groups is 1. The van der Waals surface area contributed by atoms with Gasteiger partial charge >= 0.3 is 11.9 Å². The Bertz CT molecular complexity index is 5750. The van der Waals surface area contributed by atoms with Gasteiger partial charge in [0.1, 0.15) is 76.2 Å². The molecule has 5 aliphatic heterocycles. The number of nitrogens with two attached hydrogens (primary N) is 1. The number of methoxy groups -OCH3 is 2. The predicted molar refractivity (Wildman–Crippen MR) is 545 cm³/mol. The Morgan fingerprint density at radius 1 is 0.719 bits per heavy atom. The zero-order chi connectivity index (χ0) is 106. The molecule has 4 fully saturated rings. The maximum absolute atomic E-state index is 15.6.